The third kappa shape index (κ3) is 3.70. The zero-order valence-electron chi connectivity index (χ0n) is 11.9. The molecular formula is C14H27NO3S. The van der Waals surface area contributed by atoms with Gasteiger partial charge < -0.3 is 5.11 Å². The Morgan fingerprint density at radius 3 is 2.42 bits per heavy atom. The average molecular weight is 289 g/mol. The molecule has 2 aliphatic carbocycles. The van der Waals surface area contributed by atoms with Gasteiger partial charge in [-0.25, -0.2) is 13.1 Å². The summed E-state index contributed by atoms with van der Waals surface area (Å²) in [7, 11) is -3.29. The summed E-state index contributed by atoms with van der Waals surface area (Å²) in [6.07, 6.45) is 8.35. The van der Waals surface area contributed by atoms with Crippen molar-refractivity contribution in [2.45, 2.75) is 75.5 Å². The summed E-state index contributed by atoms with van der Waals surface area (Å²) >= 11 is 0. The number of rotatable bonds is 4. The molecule has 0 aromatic carbocycles. The predicted octanol–water partition coefficient (Wildman–Crippen LogP) is 2.18. The zero-order valence-corrected chi connectivity index (χ0v) is 12.7. The molecule has 0 aromatic rings. The van der Waals surface area contributed by atoms with Crippen LogP contribution in [0.15, 0.2) is 0 Å². The van der Waals surface area contributed by atoms with Crippen molar-refractivity contribution in [3.8, 4) is 0 Å². The molecule has 2 atom stereocenters. The van der Waals surface area contributed by atoms with Crippen molar-refractivity contribution in [3.63, 3.8) is 0 Å². The molecule has 2 unspecified atom stereocenters. The summed E-state index contributed by atoms with van der Waals surface area (Å²) in [5.74, 6) is 0.481. The van der Waals surface area contributed by atoms with Crippen LogP contribution in [-0.2, 0) is 10.0 Å². The summed E-state index contributed by atoms with van der Waals surface area (Å²) in [5.41, 5.74) is -0.603. The van der Waals surface area contributed by atoms with Crippen LogP contribution < -0.4 is 4.72 Å². The number of hydrogen-bond acceptors (Lipinski definition) is 3. The molecule has 2 fully saturated rings. The van der Waals surface area contributed by atoms with Gasteiger partial charge in [0.15, 0.2) is 0 Å². The van der Waals surface area contributed by atoms with Crippen LogP contribution in [0.25, 0.3) is 0 Å². The van der Waals surface area contributed by atoms with Crippen LogP contribution in [0.2, 0.25) is 0 Å². The van der Waals surface area contributed by atoms with E-state index in [-0.39, 0.29) is 11.9 Å². The molecule has 4 nitrogen and oxygen atoms in total. The number of nitrogens with one attached hydrogen (secondary N) is 1. The Kier molecular flexibility index (Phi) is 4.90. The maximum absolute atomic E-state index is 12.5. The molecule has 0 aliphatic heterocycles. The van der Waals surface area contributed by atoms with E-state index in [0.29, 0.717) is 5.92 Å². The van der Waals surface area contributed by atoms with E-state index < -0.39 is 15.6 Å². The summed E-state index contributed by atoms with van der Waals surface area (Å²) in [6, 6.07) is 0. The van der Waals surface area contributed by atoms with Gasteiger partial charge in [0, 0.05) is 0 Å². The highest BCUT2D eigenvalue weighted by atomic mass is 32.2. The molecule has 0 heterocycles. The minimum atomic E-state index is -3.29. The van der Waals surface area contributed by atoms with Gasteiger partial charge in [0.2, 0.25) is 10.0 Å². The number of aliphatic hydroxyl groups excluding tert-OH is 1. The molecule has 0 saturated heterocycles. The lowest BCUT2D eigenvalue weighted by molar-refractivity contribution is 0.119. The molecule has 19 heavy (non-hydrogen) atoms. The minimum absolute atomic E-state index is 0.0801. The number of aliphatic hydroxyl groups is 1. The highest BCUT2D eigenvalue weighted by molar-refractivity contribution is 7.90. The van der Waals surface area contributed by atoms with E-state index in [4.69, 9.17) is 0 Å². The van der Waals surface area contributed by atoms with Crippen LogP contribution in [0.3, 0.4) is 0 Å². The molecule has 0 radical (unpaired) electrons. The van der Waals surface area contributed by atoms with Crippen LogP contribution in [0.5, 0.6) is 0 Å². The first-order chi connectivity index (χ1) is 8.97. The molecule has 2 saturated carbocycles. The fraction of sp³-hybridized carbons (Fsp3) is 1.00. The third-order valence-corrected chi connectivity index (χ3v) is 6.81. The fourth-order valence-electron chi connectivity index (χ4n) is 3.69. The summed E-state index contributed by atoms with van der Waals surface area (Å²) in [5, 5.41) is 9.45. The molecule has 2 N–H and O–H groups in total. The van der Waals surface area contributed by atoms with E-state index in [9.17, 15) is 13.5 Å². The summed E-state index contributed by atoms with van der Waals surface area (Å²) in [6.45, 7) is 2.06. The lowest BCUT2D eigenvalue weighted by atomic mass is 9.78. The van der Waals surface area contributed by atoms with E-state index in [1.807, 2.05) is 0 Å². The Bertz CT molecular complexity index is 389. The molecule has 0 aromatic heterocycles. The second-order valence-corrected chi connectivity index (χ2v) is 8.51. The van der Waals surface area contributed by atoms with E-state index >= 15 is 0 Å². The quantitative estimate of drug-likeness (QED) is 0.833. The lowest BCUT2D eigenvalue weighted by Gasteiger charge is -2.40. The minimum Gasteiger partial charge on any atom is -0.394 e. The fourth-order valence-corrected chi connectivity index (χ4v) is 5.66. The van der Waals surface area contributed by atoms with Gasteiger partial charge >= 0.3 is 0 Å². The molecule has 2 rings (SSSR count). The normalized spacial score (nSPS) is 34.3. The monoisotopic (exact) mass is 289 g/mol. The van der Waals surface area contributed by atoms with Gasteiger partial charge in [0.1, 0.15) is 0 Å². The Morgan fingerprint density at radius 2 is 1.84 bits per heavy atom. The lowest BCUT2D eigenvalue weighted by Crippen LogP contribution is -2.56. The SMILES string of the molecule is CC1CCCC(CO)(NS(=O)(=O)C2CCCCC2)C1. The maximum Gasteiger partial charge on any atom is 0.215 e. The van der Waals surface area contributed by atoms with E-state index in [1.54, 1.807) is 0 Å². The topological polar surface area (TPSA) is 66.4 Å². The van der Waals surface area contributed by atoms with E-state index in [1.165, 1.54) is 0 Å². The van der Waals surface area contributed by atoms with Gasteiger partial charge in [-0.1, -0.05) is 39.0 Å². The maximum atomic E-state index is 12.5. The highest BCUT2D eigenvalue weighted by Gasteiger charge is 2.40. The van der Waals surface area contributed by atoms with Gasteiger partial charge in [0.25, 0.3) is 0 Å². The molecule has 0 spiro atoms. The Morgan fingerprint density at radius 1 is 1.16 bits per heavy atom. The molecule has 112 valence electrons. The predicted molar refractivity (Wildman–Crippen MR) is 76.4 cm³/mol. The van der Waals surface area contributed by atoms with Gasteiger partial charge in [0.05, 0.1) is 17.4 Å². The van der Waals surface area contributed by atoms with Gasteiger partial charge in [-0.15, -0.1) is 0 Å². The van der Waals surface area contributed by atoms with Gasteiger partial charge in [-0.2, -0.15) is 0 Å². The first-order valence-electron chi connectivity index (χ1n) is 7.61. The highest BCUT2D eigenvalue weighted by Crippen LogP contribution is 2.34. The van der Waals surface area contributed by atoms with Crippen molar-refractivity contribution in [1.29, 1.82) is 0 Å². The standard InChI is InChI=1S/C14H27NO3S/c1-12-6-5-9-14(10-12,11-16)15-19(17,18)13-7-3-2-4-8-13/h12-13,15-16H,2-11H2,1H3. The van der Waals surface area contributed by atoms with E-state index in [2.05, 4.69) is 11.6 Å². The number of hydrogen-bond donors (Lipinski definition) is 2. The molecule has 0 bridgehead atoms. The van der Waals surface area contributed by atoms with Crippen LogP contribution in [0, 0.1) is 5.92 Å². The zero-order chi connectivity index (χ0) is 13.9. The van der Waals surface area contributed by atoms with Crippen LogP contribution in [0.4, 0.5) is 0 Å². The average Bonchev–Trinajstić information content (AvgIpc) is 2.39. The summed E-state index contributed by atoms with van der Waals surface area (Å²) < 4.78 is 27.9. The van der Waals surface area contributed by atoms with Crippen molar-refractivity contribution in [1.82, 2.24) is 4.72 Å². The van der Waals surface area contributed by atoms with Crippen LogP contribution in [0.1, 0.15) is 64.7 Å². The first kappa shape index (κ1) is 15.3. The first-order valence-corrected chi connectivity index (χ1v) is 9.16. The van der Waals surface area contributed by atoms with Crippen LogP contribution in [-0.4, -0.2) is 30.9 Å². The van der Waals surface area contributed by atoms with Gasteiger partial charge in [-0.05, 0) is 31.6 Å². The Hall–Kier alpha value is -0.130. The molecule has 2 aliphatic rings. The Balaban J connectivity index is 2.07. The number of sulfonamides is 1. The van der Waals surface area contributed by atoms with Gasteiger partial charge in [-0.3, -0.25) is 0 Å². The molecule has 5 heteroatoms. The van der Waals surface area contributed by atoms with Crippen LogP contribution >= 0.6 is 0 Å². The van der Waals surface area contributed by atoms with Crippen molar-refractivity contribution < 1.29 is 13.5 Å². The summed E-state index contributed by atoms with van der Waals surface area (Å²) in [4.78, 5) is 0. The largest absolute Gasteiger partial charge is 0.394 e. The van der Waals surface area contributed by atoms with E-state index in [0.717, 1.165) is 57.8 Å². The Labute approximate surface area is 117 Å². The third-order valence-electron chi connectivity index (χ3n) is 4.74. The second kappa shape index (κ2) is 6.10. The second-order valence-electron chi connectivity index (χ2n) is 6.55. The van der Waals surface area contributed by atoms with Crippen molar-refractivity contribution in [2.75, 3.05) is 6.61 Å². The van der Waals surface area contributed by atoms with Crippen molar-refractivity contribution in [3.05, 3.63) is 0 Å². The smallest absolute Gasteiger partial charge is 0.215 e. The molecular weight excluding hydrogens is 262 g/mol. The van der Waals surface area contributed by atoms with Crippen molar-refractivity contribution in [2.24, 2.45) is 5.92 Å². The molecule has 0 amide bonds. The van der Waals surface area contributed by atoms with Crippen molar-refractivity contribution >= 4 is 10.0 Å².